The van der Waals surface area contributed by atoms with Gasteiger partial charge in [0, 0.05) is 56.6 Å². The Kier molecular flexibility index (Phi) is 8.11. The molecule has 5 rings (SSSR count). The SMILES string of the molecule is CC(C)Oc1cc(Oc2ccc(N(CC3CC3)C(=O)C3CCOCC3)nc2)cc(C(=O)Nc2ccn(C)n2)c1. The van der Waals surface area contributed by atoms with Crippen LogP contribution in [0.2, 0.25) is 0 Å². The van der Waals surface area contributed by atoms with Gasteiger partial charge in [-0.3, -0.25) is 19.2 Å². The van der Waals surface area contributed by atoms with E-state index in [0.717, 1.165) is 25.7 Å². The van der Waals surface area contributed by atoms with Gasteiger partial charge in [0.2, 0.25) is 5.91 Å². The van der Waals surface area contributed by atoms with Crippen molar-refractivity contribution in [3.63, 3.8) is 0 Å². The maximum Gasteiger partial charge on any atom is 0.257 e. The minimum atomic E-state index is -0.330. The summed E-state index contributed by atoms with van der Waals surface area (Å²) < 4.78 is 19.0. The van der Waals surface area contributed by atoms with Crippen molar-refractivity contribution in [3.8, 4) is 17.2 Å². The molecule has 0 radical (unpaired) electrons. The second-order valence-corrected chi connectivity index (χ2v) is 10.4. The standard InChI is InChI=1S/C29H35N5O5/c1-19(2)38-24-14-22(28(35)31-26-8-11-33(3)32-26)15-25(16-24)39-23-6-7-27(30-17-23)34(18-20-4-5-20)29(36)21-9-12-37-13-10-21/h6-8,11,14-17,19-21H,4-5,9-10,12-13,18H2,1-3H3,(H,31,32,35). The normalized spacial score (nSPS) is 15.7. The molecular formula is C29H35N5O5. The zero-order chi connectivity index (χ0) is 27.4. The molecule has 2 amide bonds. The first-order valence-electron chi connectivity index (χ1n) is 13.5. The highest BCUT2D eigenvalue weighted by atomic mass is 16.5. The highest BCUT2D eigenvalue weighted by Gasteiger charge is 2.32. The molecule has 2 aromatic heterocycles. The number of nitrogens with zero attached hydrogens (tertiary/aromatic N) is 4. The van der Waals surface area contributed by atoms with Crippen LogP contribution in [0.25, 0.3) is 0 Å². The molecule has 1 aliphatic heterocycles. The van der Waals surface area contributed by atoms with Crippen molar-refractivity contribution in [1.82, 2.24) is 14.8 Å². The molecular weight excluding hydrogens is 498 g/mol. The molecule has 1 N–H and O–H groups in total. The van der Waals surface area contributed by atoms with Crippen molar-refractivity contribution in [3.05, 3.63) is 54.4 Å². The number of aromatic nitrogens is 3. The number of carbonyl (C=O) groups excluding carboxylic acids is 2. The number of hydrogen-bond acceptors (Lipinski definition) is 7. The number of pyridine rings is 1. The van der Waals surface area contributed by atoms with Gasteiger partial charge in [-0.05, 0) is 69.7 Å². The van der Waals surface area contributed by atoms with Crippen molar-refractivity contribution in [2.45, 2.75) is 45.6 Å². The summed E-state index contributed by atoms with van der Waals surface area (Å²) in [5, 5.41) is 6.99. The summed E-state index contributed by atoms with van der Waals surface area (Å²) in [6, 6.07) is 10.4. The van der Waals surface area contributed by atoms with Gasteiger partial charge in [0.15, 0.2) is 5.82 Å². The Morgan fingerprint density at radius 3 is 2.49 bits per heavy atom. The summed E-state index contributed by atoms with van der Waals surface area (Å²) >= 11 is 0. The van der Waals surface area contributed by atoms with Crippen molar-refractivity contribution in [2.75, 3.05) is 30.0 Å². The summed E-state index contributed by atoms with van der Waals surface area (Å²) in [5.74, 6) is 2.79. The largest absolute Gasteiger partial charge is 0.491 e. The van der Waals surface area contributed by atoms with Crippen LogP contribution in [0.3, 0.4) is 0 Å². The van der Waals surface area contributed by atoms with Crippen LogP contribution in [-0.4, -0.2) is 52.4 Å². The lowest BCUT2D eigenvalue weighted by Gasteiger charge is -2.29. The van der Waals surface area contributed by atoms with E-state index in [1.807, 2.05) is 24.8 Å². The van der Waals surface area contributed by atoms with Crippen molar-refractivity contribution < 1.29 is 23.8 Å². The molecule has 39 heavy (non-hydrogen) atoms. The van der Waals surface area contributed by atoms with Gasteiger partial charge in [-0.2, -0.15) is 5.10 Å². The quantitative estimate of drug-likeness (QED) is 0.398. The van der Waals surface area contributed by atoms with Gasteiger partial charge < -0.3 is 19.5 Å². The molecule has 0 unspecified atom stereocenters. The molecule has 10 heteroatoms. The first kappa shape index (κ1) is 26.7. The number of amides is 2. The van der Waals surface area contributed by atoms with Crippen molar-refractivity contribution in [2.24, 2.45) is 18.9 Å². The van der Waals surface area contributed by atoms with Gasteiger partial charge in [0.25, 0.3) is 5.91 Å². The average Bonchev–Trinajstić information content (AvgIpc) is 3.66. The predicted octanol–water partition coefficient (Wildman–Crippen LogP) is 4.82. The fraction of sp³-hybridized carbons (Fsp3) is 0.448. The Hall–Kier alpha value is -3.92. The Bertz CT molecular complexity index is 1300. The lowest BCUT2D eigenvalue weighted by Crippen LogP contribution is -2.40. The van der Waals surface area contributed by atoms with Crippen LogP contribution in [0, 0.1) is 11.8 Å². The Morgan fingerprint density at radius 1 is 1.08 bits per heavy atom. The van der Waals surface area contributed by atoms with E-state index in [4.69, 9.17) is 14.2 Å². The van der Waals surface area contributed by atoms with E-state index in [2.05, 4.69) is 15.4 Å². The average molecular weight is 534 g/mol. The molecule has 1 aliphatic carbocycles. The van der Waals surface area contributed by atoms with Crippen LogP contribution < -0.4 is 19.7 Å². The van der Waals surface area contributed by atoms with Crippen LogP contribution >= 0.6 is 0 Å². The molecule has 206 valence electrons. The summed E-state index contributed by atoms with van der Waals surface area (Å²) in [5.41, 5.74) is 0.371. The van der Waals surface area contributed by atoms with Crippen LogP contribution in [-0.2, 0) is 16.6 Å². The Balaban J connectivity index is 1.33. The molecule has 10 nitrogen and oxygen atoms in total. The molecule has 0 atom stereocenters. The highest BCUT2D eigenvalue weighted by Crippen LogP contribution is 2.34. The minimum Gasteiger partial charge on any atom is -0.491 e. The fourth-order valence-corrected chi connectivity index (χ4v) is 4.52. The van der Waals surface area contributed by atoms with E-state index in [-0.39, 0.29) is 23.8 Å². The molecule has 0 spiro atoms. The molecule has 0 bridgehead atoms. The summed E-state index contributed by atoms with van der Waals surface area (Å²) in [7, 11) is 1.78. The molecule has 1 saturated carbocycles. The zero-order valence-electron chi connectivity index (χ0n) is 22.6. The number of nitrogens with one attached hydrogen (secondary N) is 1. The number of ether oxygens (including phenoxy) is 3. The third-order valence-electron chi connectivity index (χ3n) is 6.68. The number of carbonyl (C=O) groups is 2. The zero-order valence-corrected chi connectivity index (χ0v) is 22.6. The predicted molar refractivity (Wildman–Crippen MR) is 146 cm³/mol. The highest BCUT2D eigenvalue weighted by molar-refractivity contribution is 6.04. The van der Waals surface area contributed by atoms with Gasteiger partial charge in [-0.1, -0.05) is 0 Å². The van der Waals surface area contributed by atoms with Crippen LogP contribution in [0.4, 0.5) is 11.6 Å². The lowest BCUT2D eigenvalue weighted by molar-refractivity contribution is -0.125. The number of hydrogen-bond donors (Lipinski definition) is 1. The van der Waals surface area contributed by atoms with Crippen LogP contribution in [0.1, 0.15) is 49.9 Å². The van der Waals surface area contributed by atoms with E-state index in [1.165, 1.54) is 0 Å². The van der Waals surface area contributed by atoms with Gasteiger partial charge in [0.1, 0.15) is 23.1 Å². The third kappa shape index (κ3) is 7.14. The monoisotopic (exact) mass is 533 g/mol. The van der Waals surface area contributed by atoms with Gasteiger partial charge in [-0.15, -0.1) is 0 Å². The minimum absolute atomic E-state index is 0.0328. The molecule has 1 saturated heterocycles. The number of anilines is 2. The van der Waals surface area contributed by atoms with Gasteiger partial charge in [0.05, 0.1) is 12.3 Å². The van der Waals surface area contributed by atoms with Crippen molar-refractivity contribution >= 4 is 23.5 Å². The maximum atomic E-state index is 13.3. The Morgan fingerprint density at radius 2 is 1.85 bits per heavy atom. The van der Waals surface area contributed by atoms with Gasteiger partial charge in [-0.25, -0.2) is 4.98 Å². The number of aryl methyl sites for hydroxylation is 1. The lowest BCUT2D eigenvalue weighted by atomic mass is 9.98. The molecule has 3 aromatic rings. The van der Waals surface area contributed by atoms with E-state index in [1.54, 1.807) is 54.5 Å². The second kappa shape index (κ2) is 11.9. The summed E-state index contributed by atoms with van der Waals surface area (Å²) in [6.07, 6.45) is 7.04. The first-order valence-corrected chi connectivity index (χ1v) is 13.5. The Labute approximate surface area is 228 Å². The van der Waals surface area contributed by atoms with E-state index >= 15 is 0 Å². The molecule has 1 aromatic carbocycles. The maximum absolute atomic E-state index is 13.3. The van der Waals surface area contributed by atoms with Crippen LogP contribution in [0.15, 0.2) is 48.8 Å². The third-order valence-corrected chi connectivity index (χ3v) is 6.68. The fourth-order valence-electron chi connectivity index (χ4n) is 4.52. The molecule has 2 aliphatic rings. The first-order chi connectivity index (χ1) is 18.8. The van der Waals surface area contributed by atoms with E-state index < -0.39 is 0 Å². The van der Waals surface area contributed by atoms with Gasteiger partial charge >= 0.3 is 0 Å². The molecule has 3 heterocycles. The topological polar surface area (TPSA) is 108 Å². The smallest absolute Gasteiger partial charge is 0.257 e. The second-order valence-electron chi connectivity index (χ2n) is 10.4. The summed E-state index contributed by atoms with van der Waals surface area (Å²) in [6.45, 7) is 5.76. The molecule has 2 fully saturated rings. The van der Waals surface area contributed by atoms with Crippen LogP contribution in [0.5, 0.6) is 17.2 Å². The summed E-state index contributed by atoms with van der Waals surface area (Å²) in [4.78, 5) is 32.7. The van der Waals surface area contributed by atoms with E-state index in [9.17, 15) is 9.59 Å². The van der Waals surface area contributed by atoms with Crippen molar-refractivity contribution in [1.29, 1.82) is 0 Å². The number of rotatable bonds is 10. The number of benzene rings is 1. The van der Waals surface area contributed by atoms with E-state index in [0.29, 0.717) is 60.1 Å².